The molecule has 1 fully saturated rings. The molecule has 2 aromatic carbocycles. The van der Waals surface area contributed by atoms with E-state index in [1.54, 1.807) is 11.8 Å². The molecule has 0 N–H and O–H groups in total. The van der Waals surface area contributed by atoms with Gasteiger partial charge in [-0.25, -0.2) is 0 Å². The normalized spacial score (nSPS) is 19.2. The van der Waals surface area contributed by atoms with E-state index in [0.717, 1.165) is 23.7 Å². The lowest BCUT2D eigenvalue weighted by atomic mass is 10.1. The number of hydrogen-bond acceptors (Lipinski definition) is 2. The molecule has 1 atom stereocenters. The zero-order valence-electron chi connectivity index (χ0n) is 14.0. The Kier molecular flexibility index (Phi) is 6.11. The van der Waals surface area contributed by atoms with Crippen molar-refractivity contribution in [3.63, 3.8) is 0 Å². The summed E-state index contributed by atoms with van der Waals surface area (Å²) in [4.78, 5) is 3.81. The third-order valence-electron chi connectivity index (χ3n) is 4.30. The monoisotopic (exact) mass is 353 g/mol. The van der Waals surface area contributed by atoms with Crippen molar-refractivity contribution in [2.24, 2.45) is 0 Å². The molecular weight excluding hydrogens is 330 g/mol. The standard InChI is InChI=1S/C21H23NS2/c1-2-9-19-20(16-18-12-7-4-8-13-18)24-21(23)22(19)15-14-17-10-5-3-6-11-17/h3-8,10-13,16,19H,2,9,14-15H2,1H3/b20-16-. The van der Waals surface area contributed by atoms with Crippen molar-refractivity contribution in [2.75, 3.05) is 6.54 Å². The molecule has 0 aromatic heterocycles. The average Bonchev–Trinajstić information content (AvgIpc) is 2.90. The van der Waals surface area contributed by atoms with E-state index in [9.17, 15) is 0 Å². The van der Waals surface area contributed by atoms with Gasteiger partial charge in [0, 0.05) is 11.4 Å². The van der Waals surface area contributed by atoms with E-state index in [4.69, 9.17) is 12.2 Å². The second-order valence-corrected chi connectivity index (χ2v) is 7.77. The van der Waals surface area contributed by atoms with Gasteiger partial charge >= 0.3 is 0 Å². The van der Waals surface area contributed by atoms with Gasteiger partial charge in [0.15, 0.2) is 0 Å². The van der Waals surface area contributed by atoms with Crippen LogP contribution in [0.5, 0.6) is 0 Å². The fraction of sp³-hybridized carbons (Fsp3) is 0.286. The average molecular weight is 354 g/mol. The summed E-state index contributed by atoms with van der Waals surface area (Å²) < 4.78 is 1.02. The van der Waals surface area contributed by atoms with E-state index >= 15 is 0 Å². The molecule has 3 heteroatoms. The largest absolute Gasteiger partial charge is 0.349 e. The van der Waals surface area contributed by atoms with Crippen LogP contribution in [0, 0.1) is 0 Å². The zero-order valence-corrected chi connectivity index (χ0v) is 15.7. The molecule has 1 nitrogen and oxygen atoms in total. The number of rotatable bonds is 6. The predicted molar refractivity (Wildman–Crippen MR) is 110 cm³/mol. The number of benzene rings is 2. The van der Waals surface area contributed by atoms with Crippen LogP contribution in [0.25, 0.3) is 6.08 Å². The van der Waals surface area contributed by atoms with E-state index in [1.165, 1.54) is 22.5 Å². The maximum atomic E-state index is 5.69. The van der Waals surface area contributed by atoms with Crippen LogP contribution in [0.15, 0.2) is 65.6 Å². The summed E-state index contributed by atoms with van der Waals surface area (Å²) in [7, 11) is 0. The third-order valence-corrected chi connectivity index (χ3v) is 5.82. The molecule has 1 aliphatic heterocycles. The summed E-state index contributed by atoms with van der Waals surface area (Å²) in [5, 5.41) is 0. The minimum Gasteiger partial charge on any atom is -0.349 e. The molecule has 24 heavy (non-hydrogen) atoms. The quantitative estimate of drug-likeness (QED) is 0.607. The van der Waals surface area contributed by atoms with Crippen LogP contribution in [-0.4, -0.2) is 21.8 Å². The Hall–Kier alpha value is -1.58. The lowest BCUT2D eigenvalue weighted by molar-refractivity contribution is 0.358. The van der Waals surface area contributed by atoms with Crippen molar-refractivity contribution in [2.45, 2.75) is 32.2 Å². The van der Waals surface area contributed by atoms with Crippen molar-refractivity contribution in [3.8, 4) is 0 Å². The first-order valence-corrected chi connectivity index (χ1v) is 9.79. The Morgan fingerprint density at radius 2 is 1.71 bits per heavy atom. The molecule has 0 saturated carbocycles. The Balaban J connectivity index is 1.76. The van der Waals surface area contributed by atoms with Gasteiger partial charge in [-0.15, -0.1) is 0 Å². The van der Waals surface area contributed by atoms with Gasteiger partial charge in [0.05, 0.1) is 6.04 Å². The summed E-state index contributed by atoms with van der Waals surface area (Å²) in [6.45, 7) is 3.24. The summed E-state index contributed by atoms with van der Waals surface area (Å²) in [6.07, 6.45) is 5.67. The Bertz CT molecular complexity index is 694. The van der Waals surface area contributed by atoms with Crippen LogP contribution in [0.4, 0.5) is 0 Å². The molecule has 0 spiro atoms. The first-order valence-electron chi connectivity index (χ1n) is 8.57. The van der Waals surface area contributed by atoms with E-state index in [0.29, 0.717) is 6.04 Å². The van der Waals surface area contributed by atoms with Gasteiger partial charge in [-0.2, -0.15) is 0 Å². The zero-order chi connectivity index (χ0) is 16.8. The van der Waals surface area contributed by atoms with Gasteiger partial charge in [-0.3, -0.25) is 0 Å². The van der Waals surface area contributed by atoms with Gasteiger partial charge in [-0.1, -0.05) is 98.0 Å². The summed E-state index contributed by atoms with van der Waals surface area (Å²) >= 11 is 7.46. The minimum absolute atomic E-state index is 0.427. The number of thiocarbonyl (C=S) groups is 1. The molecule has 0 bridgehead atoms. The first-order chi connectivity index (χ1) is 11.8. The number of hydrogen-bond donors (Lipinski definition) is 0. The highest BCUT2D eigenvalue weighted by Gasteiger charge is 2.32. The molecule has 0 amide bonds. The Labute approximate surface area is 154 Å². The number of thioether (sulfide) groups is 1. The van der Waals surface area contributed by atoms with Crippen LogP contribution in [0.2, 0.25) is 0 Å². The van der Waals surface area contributed by atoms with Gasteiger partial charge in [0.1, 0.15) is 4.32 Å². The lowest BCUT2D eigenvalue weighted by Crippen LogP contribution is -2.34. The maximum absolute atomic E-state index is 5.69. The second kappa shape index (κ2) is 8.50. The second-order valence-electron chi connectivity index (χ2n) is 6.06. The first kappa shape index (κ1) is 17.2. The molecule has 1 unspecified atom stereocenters. The summed E-state index contributed by atoms with van der Waals surface area (Å²) in [5.41, 5.74) is 2.63. The van der Waals surface area contributed by atoms with Crippen LogP contribution in [0.3, 0.4) is 0 Å². The van der Waals surface area contributed by atoms with Crippen LogP contribution in [0.1, 0.15) is 30.9 Å². The molecule has 1 aliphatic rings. The third kappa shape index (κ3) is 4.28. The van der Waals surface area contributed by atoms with Gasteiger partial charge in [0.25, 0.3) is 0 Å². The lowest BCUT2D eigenvalue weighted by Gasteiger charge is -2.25. The van der Waals surface area contributed by atoms with Gasteiger partial charge in [0.2, 0.25) is 0 Å². The Morgan fingerprint density at radius 1 is 1.04 bits per heavy atom. The molecule has 1 saturated heterocycles. The minimum atomic E-state index is 0.427. The van der Waals surface area contributed by atoms with Gasteiger partial charge in [-0.05, 0) is 30.0 Å². The molecule has 0 aliphatic carbocycles. The molecule has 1 heterocycles. The van der Waals surface area contributed by atoms with E-state index in [-0.39, 0.29) is 0 Å². The van der Waals surface area contributed by atoms with Gasteiger partial charge < -0.3 is 4.90 Å². The van der Waals surface area contributed by atoms with E-state index in [1.807, 2.05) is 0 Å². The summed E-state index contributed by atoms with van der Waals surface area (Å²) in [5.74, 6) is 0. The molecule has 3 rings (SSSR count). The van der Waals surface area contributed by atoms with Crippen molar-refractivity contribution in [1.29, 1.82) is 0 Å². The molecule has 0 radical (unpaired) electrons. The van der Waals surface area contributed by atoms with Crippen LogP contribution < -0.4 is 0 Å². The maximum Gasteiger partial charge on any atom is 0.141 e. The molecular formula is C21H23NS2. The van der Waals surface area contributed by atoms with Crippen LogP contribution >= 0.6 is 24.0 Å². The molecule has 2 aromatic rings. The highest BCUT2D eigenvalue weighted by atomic mass is 32.2. The van der Waals surface area contributed by atoms with Crippen LogP contribution in [-0.2, 0) is 6.42 Å². The van der Waals surface area contributed by atoms with E-state index in [2.05, 4.69) is 78.6 Å². The fourth-order valence-electron chi connectivity index (χ4n) is 3.06. The SMILES string of the molecule is CCCC1/C(=C/c2ccccc2)SC(=S)N1CCc1ccccc1. The smallest absolute Gasteiger partial charge is 0.141 e. The fourth-order valence-corrected chi connectivity index (χ4v) is 4.68. The predicted octanol–water partition coefficient (Wildman–Crippen LogP) is 5.77. The summed E-state index contributed by atoms with van der Waals surface area (Å²) in [6, 6.07) is 21.7. The molecule has 124 valence electrons. The topological polar surface area (TPSA) is 3.24 Å². The highest BCUT2D eigenvalue weighted by molar-refractivity contribution is 8.26. The van der Waals surface area contributed by atoms with Crippen molar-refractivity contribution in [1.82, 2.24) is 4.90 Å². The Morgan fingerprint density at radius 3 is 2.38 bits per heavy atom. The highest BCUT2D eigenvalue weighted by Crippen LogP contribution is 2.39. The van der Waals surface area contributed by atoms with Crippen molar-refractivity contribution in [3.05, 3.63) is 76.7 Å². The number of nitrogens with zero attached hydrogens (tertiary/aromatic N) is 1. The van der Waals surface area contributed by atoms with Crippen molar-refractivity contribution >= 4 is 34.4 Å². The van der Waals surface area contributed by atoms with Crippen molar-refractivity contribution < 1.29 is 0 Å². The van der Waals surface area contributed by atoms with E-state index < -0.39 is 0 Å².